The highest BCUT2D eigenvalue weighted by molar-refractivity contribution is 7.20. The van der Waals surface area contributed by atoms with Crippen LogP contribution in [0.2, 0.25) is 0 Å². The van der Waals surface area contributed by atoms with Gasteiger partial charge in [-0.15, -0.1) is 11.3 Å². The largest absolute Gasteiger partial charge is 0.493 e. The molecule has 4 rings (SSSR count). The second-order valence-corrected chi connectivity index (χ2v) is 13.9. The van der Waals surface area contributed by atoms with Crippen LogP contribution in [0.1, 0.15) is 80.6 Å². The van der Waals surface area contributed by atoms with E-state index in [2.05, 4.69) is 0 Å². The molecule has 0 spiro atoms. The highest BCUT2D eigenvalue weighted by atomic mass is 32.1. The van der Waals surface area contributed by atoms with Gasteiger partial charge in [0.05, 0.1) is 45.2 Å². The molecule has 0 saturated heterocycles. The Balaban J connectivity index is 1.31. The highest BCUT2D eigenvalue weighted by Gasteiger charge is 2.27. The van der Waals surface area contributed by atoms with Gasteiger partial charge in [-0.2, -0.15) is 0 Å². The molecule has 50 heavy (non-hydrogen) atoms. The van der Waals surface area contributed by atoms with E-state index in [-0.39, 0.29) is 74.0 Å². The molecule has 0 saturated carbocycles. The first-order valence-corrected chi connectivity index (χ1v) is 17.2. The average Bonchev–Trinajstić information content (AvgIpc) is 3.70. The van der Waals surface area contributed by atoms with E-state index in [9.17, 15) is 19.2 Å². The number of carbonyl (C=O) groups excluding carboxylic acids is 4. The van der Waals surface area contributed by atoms with E-state index in [1.54, 1.807) is 38.7 Å². The lowest BCUT2D eigenvalue weighted by Gasteiger charge is -2.20. The zero-order valence-electron chi connectivity index (χ0n) is 29.4. The number of thiophene rings is 1. The number of halogens is 1. The molecule has 14 heteroatoms. The summed E-state index contributed by atoms with van der Waals surface area (Å²) in [4.78, 5) is 51.6. The van der Waals surface area contributed by atoms with Gasteiger partial charge in [0.2, 0.25) is 5.91 Å². The topological polar surface area (TPSA) is 153 Å². The van der Waals surface area contributed by atoms with Crippen molar-refractivity contribution in [2.24, 2.45) is 5.73 Å². The molecule has 1 aliphatic heterocycles. The van der Waals surface area contributed by atoms with Gasteiger partial charge in [-0.3, -0.25) is 19.2 Å². The van der Waals surface area contributed by atoms with Gasteiger partial charge in [0.15, 0.2) is 34.6 Å². The van der Waals surface area contributed by atoms with Gasteiger partial charge in [-0.25, -0.2) is 4.39 Å². The van der Waals surface area contributed by atoms with Crippen LogP contribution in [0.25, 0.3) is 10.1 Å². The number of ether oxygens (including phenoxy) is 6. The minimum Gasteiger partial charge on any atom is -0.493 e. The molecule has 3 aromatic rings. The van der Waals surface area contributed by atoms with Crippen molar-refractivity contribution in [3.05, 3.63) is 46.1 Å². The fraction of sp³-hybridized carbons (Fsp3) is 0.500. The molecule has 0 unspecified atom stereocenters. The summed E-state index contributed by atoms with van der Waals surface area (Å²) in [6.45, 7) is 8.30. The van der Waals surface area contributed by atoms with Gasteiger partial charge in [-0.1, -0.05) is 0 Å². The quantitative estimate of drug-likeness (QED) is 0.104. The molecule has 12 nitrogen and oxygen atoms in total. The number of amides is 1. The maximum absolute atomic E-state index is 15.6. The van der Waals surface area contributed by atoms with Crippen LogP contribution in [0.4, 0.5) is 4.39 Å². The molecule has 1 amide bonds. The third kappa shape index (κ3) is 10.1. The van der Waals surface area contributed by atoms with E-state index in [0.29, 0.717) is 40.6 Å². The second kappa shape index (κ2) is 17.0. The van der Waals surface area contributed by atoms with Crippen molar-refractivity contribution >= 4 is 45.1 Å². The fourth-order valence-electron chi connectivity index (χ4n) is 5.22. The number of hydrogen-bond acceptors (Lipinski definition) is 12. The maximum Gasteiger partial charge on any atom is 0.306 e. The van der Waals surface area contributed by atoms with E-state index >= 15 is 4.39 Å². The Labute approximate surface area is 294 Å². The van der Waals surface area contributed by atoms with E-state index < -0.39 is 29.5 Å². The molecule has 272 valence electrons. The number of nitrogens with zero attached hydrogens (tertiary/aromatic N) is 1. The first-order chi connectivity index (χ1) is 23.7. The lowest BCUT2D eigenvalue weighted by atomic mass is 10.1. The number of Topliss-reactive ketones (excluding diaryl/α,β-unsaturated/α-hetero) is 1. The SMILES string of the molecule is COc1cc2c(cc1OCCCOc1c(OC)cc3sc(C(=O)CCC(=O)O[C@@H](C)CN)cc3c1F)CN(C(=O)CCC(=O)OC(C)(C)C)C2. The minimum absolute atomic E-state index is 0.00935. The molecule has 2 N–H and O–H groups in total. The summed E-state index contributed by atoms with van der Waals surface area (Å²) in [6, 6.07) is 6.75. The van der Waals surface area contributed by atoms with Crippen molar-refractivity contribution in [3.8, 4) is 23.0 Å². The van der Waals surface area contributed by atoms with Crippen LogP contribution in [0.3, 0.4) is 0 Å². The number of carbonyl (C=O) groups is 4. The lowest BCUT2D eigenvalue weighted by Crippen LogP contribution is -2.28. The summed E-state index contributed by atoms with van der Waals surface area (Å²) in [5.74, 6) is -0.932. The van der Waals surface area contributed by atoms with E-state index in [1.165, 1.54) is 20.3 Å². The van der Waals surface area contributed by atoms with E-state index in [0.717, 1.165) is 22.5 Å². The van der Waals surface area contributed by atoms with Crippen molar-refractivity contribution < 1.29 is 52.0 Å². The summed E-state index contributed by atoms with van der Waals surface area (Å²) in [5, 5.41) is 0.213. The summed E-state index contributed by atoms with van der Waals surface area (Å²) < 4.78 is 49.3. The normalized spacial score (nSPS) is 13.1. The predicted octanol–water partition coefficient (Wildman–Crippen LogP) is 5.72. The summed E-state index contributed by atoms with van der Waals surface area (Å²) in [7, 11) is 2.93. The number of fused-ring (bicyclic) bond motifs is 2. The first-order valence-electron chi connectivity index (χ1n) is 16.4. The van der Waals surface area contributed by atoms with Crippen molar-refractivity contribution in [2.75, 3.05) is 34.0 Å². The number of methoxy groups -OCH3 is 2. The predicted molar refractivity (Wildman–Crippen MR) is 184 cm³/mol. The highest BCUT2D eigenvalue weighted by Crippen LogP contribution is 2.40. The molecular formula is C36H45FN2O10S. The van der Waals surface area contributed by atoms with Crippen molar-refractivity contribution in [1.82, 2.24) is 4.90 Å². The molecule has 1 aliphatic rings. The van der Waals surface area contributed by atoms with Gasteiger partial charge >= 0.3 is 11.9 Å². The molecule has 0 radical (unpaired) electrons. The van der Waals surface area contributed by atoms with Gasteiger partial charge in [0.25, 0.3) is 0 Å². The van der Waals surface area contributed by atoms with Crippen molar-refractivity contribution in [3.63, 3.8) is 0 Å². The zero-order valence-corrected chi connectivity index (χ0v) is 30.2. The maximum atomic E-state index is 15.6. The number of nitrogens with two attached hydrogens (primary N) is 1. The molecule has 0 bridgehead atoms. The van der Waals surface area contributed by atoms with E-state index in [4.69, 9.17) is 34.2 Å². The number of hydrogen-bond donors (Lipinski definition) is 1. The number of benzene rings is 2. The fourth-order valence-corrected chi connectivity index (χ4v) is 6.28. The van der Waals surface area contributed by atoms with Gasteiger partial charge in [-0.05, 0) is 57.0 Å². The Morgan fingerprint density at radius 2 is 1.52 bits per heavy atom. The standard InChI is InChI=1S/C36H45FN2O10S/c1-21(18-38)48-32(42)10-8-25(40)30-16-24-29(50-30)17-28(45-6)35(34(24)37)47-13-7-12-46-27-15-23-20-39(19-22(23)14-26(27)44-5)31(41)9-11-33(43)49-36(2,3)4/h14-17,21H,7-13,18-20,38H2,1-6H3/t21-/m0/s1. The molecular weight excluding hydrogens is 671 g/mol. The van der Waals surface area contributed by atoms with E-state index in [1.807, 2.05) is 12.1 Å². The van der Waals surface area contributed by atoms with Crippen LogP contribution in [0.15, 0.2) is 24.3 Å². The van der Waals surface area contributed by atoms with Crippen molar-refractivity contribution in [1.29, 1.82) is 0 Å². The molecule has 1 aromatic heterocycles. The van der Waals surface area contributed by atoms with Crippen LogP contribution in [-0.4, -0.2) is 74.2 Å². The molecule has 2 aromatic carbocycles. The minimum atomic E-state index is -0.655. The van der Waals surface area contributed by atoms with Gasteiger partial charge < -0.3 is 39.1 Å². The Morgan fingerprint density at radius 1 is 0.880 bits per heavy atom. The lowest BCUT2D eigenvalue weighted by molar-refractivity contribution is -0.156. The third-order valence-corrected chi connectivity index (χ3v) is 8.84. The van der Waals surface area contributed by atoms with Crippen LogP contribution in [0, 0.1) is 5.82 Å². The van der Waals surface area contributed by atoms with Crippen LogP contribution in [-0.2, 0) is 36.9 Å². The zero-order chi connectivity index (χ0) is 36.6. The second-order valence-electron chi connectivity index (χ2n) is 12.9. The van der Waals surface area contributed by atoms with Crippen LogP contribution < -0.4 is 24.7 Å². The number of esters is 2. The number of rotatable bonds is 17. The van der Waals surface area contributed by atoms with Gasteiger partial charge in [0.1, 0.15) is 11.7 Å². The molecule has 1 atom stereocenters. The van der Waals surface area contributed by atoms with Crippen molar-refractivity contribution in [2.45, 2.75) is 84.6 Å². The molecule has 0 fully saturated rings. The Hall–Kier alpha value is -4.43. The first kappa shape index (κ1) is 38.4. The van der Waals surface area contributed by atoms with Gasteiger partial charge in [0, 0.05) is 55.0 Å². The molecule has 0 aliphatic carbocycles. The average molecular weight is 717 g/mol. The van der Waals surface area contributed by atoms with Crippen LogP contribution >= 0.6 is 11.3 Å². The van der Waals surface area contributed by atoms with Crippen LogP contribution in [0.5, 0.6) is 23.0 Å². The summed E-state index contributed by atoms with van der Waals surface area (Å²) in [6.07, 6.45) is -0.164. The molecule has 2 heterocycles. The Morgan fingerprint density at radius 3 is 2.16 bits per heavy atom. The Kier molecular flexibility index (Phi) is 13.0. The third-order valence-electron chi connectivity index (χ3n) is 7.71. The smallest absolute Gasteiger partial charge is 0.306 e. The monoisotopic (exact) mass is 716 g/mol. The Bertz CT molecular complexity index is 1720. The summed E-state index contributed by atoms with van der Waals surface area (Å²) in [5.41, 5.74) is 6.70. The summed E-state index contributed by atoms with van der Waals surface area (Å²) >= 11 is 1.11. The number of ketones is 1.